The van der Waals surface area contributed by atoms with Gasteiger partial charge in [-0.25, -0.2) is 0 Å². The minimum absolute atomic E-state index is 0.00273. The first-order chi connectivity index (χ1) is 8.08. The Hall–Kier alpha value is -0.610. The van der Waals surface area contributed by atoms with Crippen LogP contribution in [0.15, 0.2) is 0 Å². The Balaban J connectivity index is 2.12. The van der Waals surface area contributed by atoms with Crippen LogP contribution in [0.4, 0.5) is 0 Å². The molecule has 4 heteroatoms. The van der Waals surface area contributed by atoms with Gasteiger partial charge in [-0.15, -0.1) is 0 Å². The third kappa shape index (κ3) is 2.33. The zero-order valence-electron chi connectivity index (χ0n) is 11.2. The van der Waals surface area contributed by atoms with Gasteiger partial charge >= 0.3 is 5.97 Å². The van der Waals surface area contributed by atoms with Crippen molar-refractivity contribution >= 4 is 5.97 Å². The van der Waals surface area contributed by atoms with Crippen LogP contribution < -0.4 is 0 Å². The van der Waals surface area contributed by atoms with Crippen LogP contribution in [0, 0.1) is 5.92 Å². The van der Waals surface area contributed by atoms with E-state index in [2.05, 4.69) is 23.9 Å². The Morgan fingerprint density at radius 2 is 2.06 bits per heavy atom. The summed E-state index contributed by atoms with van der Waals surface area (Å²) in [4.78, 5) is 16.6. The molecule has 3 saturated heterocycles. The Labute approximate surface area is 104 Å². The fourth-order valence-electron chi connectivity index (χ4n) is 3.47. The highest BCUT2D eigenvalue weighted by atomic mass is 16.5. The largest absolute Gasteiger partial charge is 0.466 e. The van der Waals surface area contributed by atoms with Gasteiger partial charge in [-0.1, -0.05) is 0 Å². The third-order valence-corrected chi connectivity index (χ3v) is 4.49. The highest BCUT2D eigenvalue weighted by Gasteiger charge is 2.49. The lowest BCUT2D eigenvalue weighted by molar-refractivity contribution is -0.151. The maximum Gasteiger partial charge on any atom is 0.307 e. The molecule has 0 aromatic rings. The summed E-state index contributed by atoms with van der Waals surface area (Å²) in [5.41, 5.74) is 0.00273. The van der Waals surface area contributed by atoms with E-state index in [1.165, 1.54) is 25.9 Å². The summed E-state index contributed by atoms with van der Waals surface area (Å²) in [6.07, 6.45) is 2.98. The quantitative estimate of drug-likeness (QED) is 0.685. The van der Waals surface area contributed by atoms with Gasteiger partial charge in [0.1, 0.15) is 0 Å². The van der Waals surface area contributed by atoms with E-state index in [9.17, 15) is 4.79 Å². The summed E-state index contributed by atoms with van der Waals surface area (Å²) in [6, 6.07) is 0. The number of carbonyl (C=O) groups is 1. The summed E-state index contributed by atoms with van der Waals surface area (Å²) in [7, 11) is 4.20. The molecule has 0 aromatic carbocycles. The molecule has 0 saturated carbocycles. The number of piperidine rings is 3. The Kier molecular flexibility index (Phi) is 3.73. The molecule has 17 heavy (non-hydrogen) atoms. The van der Waals surface area contributed by atoms with E-state index in [4.69, 9.17) is 4.74 Å². The number of hydrogen-bond donors (Lipinski definition) is 0. The van der Waals surface area contributed by atoms with Gasteiger partial charge in [0.15, 0.2) is 0 Å². The number of ether oxygens (including phenoxy) is 1. The van der Waals surface area contributed by atoms with Crippen LogP contribution in [-0.4, -0.2) is 61.6 Å². The highest BCUT2D eigenvalue weighted by molar-refractivity contribution is 5.71. The average Bonchev–Trinajstić information content (AvgIpc) is 2.30. The average molecular weight is 240 g/mol. The van der Waals surface area contributed by atoms with Gasteiger partial charge in [0.05, 0.1) is 13.0 Å². The van der Waals surface area contributed by atoms with E-state index in [1.807, 2.05) is 6.92 Å². The van der Waals surface area contributed by atoms with E-state index in [1.54, 1.807) is 0 Å². The molecule has 0 N–H and O–H groups in total. The van der Waals surface area contributed by atoms with Crippen LogP contribution in [0.25, 0.3) is 0 Å². The zero-order valence-corrected chi connectivity index (χ0v) is 11.2. The lowest BCUT2D eigenvalue weighted by Crippen LogP contribution is -2.66. The normalized spacial score (nSPS) is 36.2. The predicted octanol–water partition coefficient (Wildman–Crippen LogP) is 0.966. The van der Waals surface area contributed by atoms with Gasteiger partial charge in [-0.05, 0) is 52.9 Å². The lowest BCUT2D eigenvalue weighted by atomic mass is 9.70. The van der Waals surface area contributed by atoms with Crippen molar-refractivity contribution in [1.29, 1.82) is 0 Å². The van der Waals surface area contributed by atoms with Crippen molar-refractivity contribution in [3.8, 4) is 0 Å². The van der Waals surface area contributed by atoms with Crippen molar-refractivity contribution in [2.24, 2.45) is 5.92 Å². The molecule has 3 fully saturated rings. The SMILES string of the molecule is CCOC(=O)CC1(N(C)C)CN2CCC1CC2. The molecule has 0 aromatic heterocycles. The van der Waals surface area contributed by atoms with Gasteiger partial charge in [0.2, 0.25) is 0 Å². The summed E-state index contributed by atoms with van der Waals surface area (Å²) >= 11 is 0. The molecule has 1 atom stereocenters. The van der Waals surface area contributed by atoms with Crippen LogP contribution in [0.1, 0.15) is 26.2 Å². The first kappa shape index (κ1) is 12.8. The van der Waals surface area contributed by atoms with Crippen LogP contribution in [0.3, 0.4) is 0 Å². The van der Waals surface area contributed by atoms with E-state index in [0.717, 1.165) is 6.54 Å². The number of carbonyl (C=O) groups excluding carboxylic acids is 1. The molecule has 0 spiro atoms. The smallest absolute Gasteiger partial charge is 0.307 e. The van der Waals surface area contributed by atoms with Crippen LogP contribution in [0.2, 0.25) is 0 Å². The molecule has 3 aliphatic rings. The van der Waals surface area contributed by atoms with Crippen LogP contribution in [0.5, 0.6) is 0 Å². The van der Waals surface area contributed by atoms with E-state index in [0.29, 0.717) is 18.9 Å². The number of nitrogens with zero attached hydrogens (tertiary/aromatic N) is 2. The molecular weight excluding hydrogens is 216 g/mol. The molecule has 3 rings (SSSR count). The molecule has 3 aliphatic heterocycles. The number of rotatable bonds is 4. The lowest BCUT2D eigenvalue weighted by Gasteiger charge is -2.56. The number of hydrogen-bond acceptors (Lipinski definition) is 4. The molecule has 0 aliphatic carbocycles. The maximum atomic E-state index is 11.8. The fraction of sp³-hybridized carbons (Fsp3) is 0.923. The minimum Gasteiger partial charge on any atom is -0.466 e. The summed E-state index contributed by atoms with van der Waals surface area (Å²) < 4.78 is 5.14. The molecule has 4 nitrogen and oxygen atoms in total. The minimum atomic E-state index is -0.0463. The van der Waals surface area contributed by atoms with Crippen LogP contribution >= 0.6 is 0 Å². The summed E-state index contributed by atoms with van der Waals surface area (Å²) in [6.45, 7) is 5.77. The van der Waals surface area contributed by atoms with Crippen molar-refractivity contribution in [2.45, 2.75) is 31.7 Å². The predicted molar refractivity (Wildman–Crippen MR) is 66.8 cm³/mol. The molecule has 3 heterocycles. The summed E-state index contributed by atoms with van der Waals surface area (Å²) in [5.74, 6) is 0.599. The first-order valence-electron chi connectivity index (χ1n) is 6.64. The molecular formula is C13H24N2O2. The number of fused-ring (bicyclic) bond motifs is 3. The standard InChI is InChI=1S/C13H24N2O2/c1-4-17-12(16)9-13(14(2)3)10-15-7-5-11(13)6-8-15/h11H,4-10H2,1-3H3. The zero-order chi connectivity index (χ0) is 12.5. The molecule has 2 bridgehead atoms. The Morgan fingerprint density at radius 1 is 1.41 bits per heavy atom. The third-order valence-electron chi connectivity index (χ3n) is 4.49. The maximum absolute atomic E-state index is 11.8. The van der Waals surface area contributed by atoms with Gasteiger partial charge < -0.3 is 14.5 Å². The van der Waals surface area contributed by atoms with E-state index in [-0.39, 0.29) is 11.5 Å². The van der Waals surface area contributed by atoms with Crippen molar-refractivity contribution in [3.63, 3.8) is 0 Å². The second kappa shape index (κ2) is 4.94. The second-order valence-electron chi connectivity index (χ2n) is 5.53. The number of esters is 1. The van der Waals surface area contributed by atoms with E-state index >= 15 is 0 Å². The monoisotopic (exact) mass is 240 g/mol. The Morgan fingerprint density at radius 3 is 2.47 bits per heavy atom. The van der Waals surface area contributed by atoms with E-state index < -0.39 is 0 Å². The molecule has 1 unspecified atom stereocenters. The number of likely N-dealkylation sites (N-methyl/N-ethyl adjacent to an activating group) is 1. The highest BCUT2D eigenvalue weighted by Crippen LogP contribution is 2.41. The van der Waals surface area contributed by atoms with Gasteiger partial charge in [-0.2, -0.15) is 0 Å². The van der Waals surface area contributed by atoms with Crippen molar-refractivity contribution in [2.75, 3.05) is 40.3 Å². The first-order valence-corrected chi connectivity index (χ1v) is 6.64. The van der Waals surface area contributed by atoms with Crippen molar-refractivity contribution < 1.29 is 9.53 Å². The molecule has 0 amide bonds. The fourth-order valence-corrected chi connectivity index (χ4v) is 3.47. The van der Waals surface area contributed by atoms with Gasteiger partial charge in [0, 0.05) is 12.1 Å². The van der Waals surface area contributed by atoms with Crippen LogP contribution in [-0.2, 0) is 9.53 Å². The molecule has 98 valence electrons. The van der Waals surface area contributed by atoms with Gasteiger partial charge in [0.25, 0.3) is 0 Å². The Bertz CT molecular complexity index is 285. The van der Waals surface area contributed by atoms with Crippen molar-refractivity contribution in [3.05, 3.63) is 0 Å². The topological polar surface area (TPSA) is 32.8 Å². The second-order valence-corrected chi connectivity index (χ2v) is 5.53. The van der Waals surface area contributed by atoms with Crippen molar-refractivity contribution in [1.82, 2.24) is 9.80 Å². The van der Waals surface area contributed by atoms with Gasteiger partial charge in [-0.3, -0.25) is 4.79 Å². The molecule has 0 radical (unpaired) electrons. The summed E-state index contributed by atoms with van der Waals surface area (Å²) in [5, 5.41) is 0.